The molecule has 0 spiro atoms. The Bertz CT molecular complexity index is 990. The first-order valence-electron chi connectivity index (χ1n) is 10.3. The van der Waals surface area contributed by atoms with Gasteiger partial charge >= 0.3 is 0 Å². The van der Waals surface area contributed by atoms with Crippen molar-refractivity contribution in [2.24, 2.45) is 0 Å². The van der Waals surface area contributed by atoms with Crippen molar-refractivity contribution in [3.05, 3.63) is 63.4 Å². The van der Waals surface area contributed by atoms with Crippen molar-refractivity contribution in [2.45, 2.75) is 51.6 Å². The molecule has 0 N–H and O–H groups in total. The van der Waals surface area contributed by atoms with Crippen LogP contribution in [0.3, 0.4) is 0 Å². The summed E-state index contributed by atoms with van der Waals surface area (Å²) in [5, 5.41) is 0.666. The first-order chi connectivity index (χ1) is 14.1. The normalized spacial score (nSPS) is 20.9. The van der Waals surface area contributed by atoms with E-state index in [0.29, 0.717) is 34.9 Å². The summed E-state index contributed by atoms with van der Waals surface area (Å²) in [5.41, 5.74) is 3.44. The monoisotopic (exact) mass is 409 g/mol. The van der Waals surface area contributed by atoms with Crippen LogP contribution in [0.1, 0.15) is 59.2 Å². The van der Waals surface area contributed by atoms with Gasteiger partial charge in [-0.15, -0.1) is 0 Å². The van der Waals surface area contributed by atoms with Crippen LogP contribution in [0, 0.1) is 6.92 Å². The second-order valence-electron chi connectivity index (χ2n) is 8.18. The van der Waals surface area contributed by atoms with Gasteiger partial charge < -0.3 is 9.47 Å². The molecule has 0 aromatic heterocycles. The molecule has 2 heterocycles. The summed E-state index contributed by atoms with van der Waals surface area (Å²) in [5.74, 6) is 1.80. The highest BCUT2D eigenvalue weighted by atomic mass is 35.5. The highest BCUT2D eigenvalue weighted by molar-refractivity contribution is 6.30. The maximum atomic E-state index is 13.1. The van der Waals surface area contributed by atoms with Gasteiger partial charge in [0.25, 0.3) is 0 Å². The second-order valence-corrected chi connectivity index (χ2v) is 8.61. The number of hydrogen-bond acceptors (Lipinski definition) is 4. The van der Waals surface area contributed by atoms with Crippen molar-refractivity contribution < 1.29 is 14.3 Å². The highest BCUT2D eigenvalue weighted by Crippen LogP contribution is 2.44. The van der Waals surface area contributed by atoms with Crippen LogP contribution < -0.4 is 9.47 Å². The Morgan fingerprint density at radius 3 is 2.66 bits per heavy atom. The van der Waals surface area contributed by atoms with Gasteiger partial charge in [0.1, 0.15) is 18.2 Å². The third-order valence-corrected chi connectivity index (χ3v) is 6.46. The van der Waals surface area contributed by atoms with Gasteiger partial charge in [-0.05, 0) is 55.2 Å². The smallest absolute Gasteiger partial charge is 0.232 e. The average molecular weight is 410 g/mol. The van der Waals surface area contributed by atoms with E-state index in [4.69, 9.17) is 21.1 Å². The fourth-order valence-electron chi connectivity index (χ4n) is 4.64. The molecule has 4 nitrogen and oxygen atoms in total. The van der Waals surface area contributed by atoms with Crippen molar-refractivity contribution >= 4 is 23.5 Å². The molecule has 29 heavy (non-hydrogen) atoms. The van der Waals surface area contributed by atoms with Gasteiger partial charge in [0, 0.05) is 17.6 Å². The number of carbonyl (C=O) groups is 1. The van der Waals surface area contributed by atoms with Crippen LogP contribution in [0.2, 0.25) is 5.02 Å². The molecule has 0 atom stereocenters. The number of rotatable bonds is 2. The number of benzene rings is 2. The fraction of sp³-hybridized carbons (Fsp3) is 0.375. The molecule has 5 heteroatoms. The van der Waals surface area contributed by atoms with E-state index in [1.54, 1.807) is 6.08 Å². The Morgan fingerprint density at radius 2 is 1.90 bits per heavy atom. The van der Waals surface area contributed by atoms with E-state index in [2.05, 4.69) is 4.90 Å². The first-order valence-corrected chi connectivity index (χ1v) is 10.7. The second kappa shape index (κ2) is 7.51. The van der Waals surface area contributed by atoms with Crippen LogP contribution in [0.4, 0.5) is 0 Å². The molecule has 1 aliphatic carbocycles. The molecular weight excluding hydrogens is 386 g/mol. The Hall–Kier alpha value is -2.30. The number of ketones is 1. The van der Waals surface area contributed by atoms with E-state index in [-0.39, 0.29) is 5.78 Å². The third kappa shape index (κ3) is 3.45. The molecular formula is C24H24ClNO3. The van der Waals surface area contributed by atoms with E-state index in [9.17, 15) is 4.79 Å². The number of carbonyl (C=O) groups excluding carboxylic acids is 1. The molecule has 0 saturated heterocycles. The molecule has 2 aliphatic heterocycles. The SMILES string of the molecule is Cc1cc2c(c3c1C(=O)/C(=C/c1ccc(Cl)cc1)O3)CN(C1CCCCC1)CO2. The van der Waals surface area contributed by atoms with Crippen molar-refractivity contribution in [1.29, 1.82) is 0 Å². The summed E-state index contributed by atoms with van der Waals surface area (Å²) in [6, 6.07) is 9.91. The molecule has 0 amide bonds. The van der Waals surface area contributed by atoms with Crippen LogP contribution in [-0.4, -0.2) is 23.5 Å². The van der Waals surface area contributed by atoms with Crippen molar-refractivity contribution in [3.8, 4) is 11.5 Å². The maximum absolute atomic E-state index is 13.1. The zero-order chi connectivity index (χ0) is 20.0. The highest BCUT2D eigenvalue weighted by Gasteiger charge is 2.36. The van der Waals surface area contributed by atoms with Gasteiger partial charge in [-0.2, -0.15) is 0 Å². The van der Waals surface area contributed by atoms with E-state index in [0.717, 1.165) is 29.0 Å². The van der Waals surface area contributed by atoms with Gasteiger partial charge in [0.2, 0.25) is 5.78 Å². The summed E-state index contributed by atoms with van der Waals surface area (Å²) in [6.07, 6.45) is 8.11. The molecule has 0 radical (unpaired) electrons. The number of aryl methyl sites for hydroxylation is 1. The maximum Gasteiger partial charge on any atom is 0.232 e. The molecule has 0 bridgehead atoms. The molecule has 3 aliphatic rings. The predicted octanol–water partition coefficient (Wildman–Crippen LogP) is 5.75. The van der Waals surface area contributed by atoms with E-state index in [1.807, 2.05) is 37.3 Å². The Balaban J connectivity index is 1.48. The molecule has 1 saturated carbocycles. The quantitative estimate of drug-likeness (QED) is 0.592. The number of fused-ring (bicyclic) bond motifs is 3. The van der Waals surface area contributed by atoms with Crippen molar-refractivity contribution in [1.82, 2.24) is 4.90 Å². The molecule has 5 rings (SSSR count). The number of halogens is 1. The summed E-state index contributed by atoms with van der Waals surface area (Å²) >= 11 is 5.97. The van der Waals surface area contributed by atoms with Crippen LogP contribution >= 0.6 is 11.6 Å². The van der Waals surface area contributed by atoms with Gasteiger partial charge in [-0.25, -0.2) is 0 Å². The fourth-order valence-corrected chi connectivity index (χ4v) is 4.76. The molecule has 0 unspecified atom stereocenters. The molecule has 2 aromatic carbocycles. The number of Topliss-reactive ketones (excluding diaryl/α,β-unsaturated/α-hetero) is 1. The summed E-state index contributed by atoms with van der Waals surface area (Å²) < 4.78 is 12.2. The van der Waals surface area contributed by atoms with Crippen LogP contribution in [0.25, 0.3) is 6.08 Å². The lowest BCUT2D eigenvalue weighted by Crippen LogP contribution is -2.41. The van der Waals surface area contributed by atoms with Crippen LogP contribution in [-0.2, 0) is 6.54 Å². The molecule has 150 valence electrons. The predicted molar refractivity (Wildman–Crippen MR) is 113 cm³/mol. The lowest BCUT2D eigenvalue weighted by atomic mass is 9.93. The largest absolute Gasteiger partial charge is 0.478 e. The summed E-state index contributed by atoms with van der Waals surface area (Å²) in [7, 11) is 0. The van der Waals surface area contributed by atoms with Crippen molar-refractivity contribution in [2.75, 3.05) is 6.73 Å². The minimum Gasteiger partial charge on any atom is -0.478 e. The Labute approximate surface area is 176 Å². The van der Waals surface area contributed by atoms with E-state index in [1.165, 1.54) is 32.1 Å². The number of allylic oxidation sites excluding steroid dienone is 1. The van der Waals surface area contributed by atoms with Crippen LogP contribution in [0.15, 0.2) is 36.1 Å². The Morgan fingerprint density at radius 1 is 1.14 bits per heavy atom. The van der Waals surface area contributed by atoms with E-state index >= 15 is 0 Å². The average Bonchev–Trinajstić information content (AvgIpc) is 3.07. The lowest BCUT2D eigenvalue weighted by molar-refractivity contribution is 0.0393. The van der Waals surface area contributed by atoms with Gasteiger partial charge in [0.15, 0.2) is 5.76 Å². The zero-order valence-corrected chi connectivity index (χ0v) is 17.3. The van der Waals surface area contributed by atoms with E-state index < -0.39 is 0 Å². The Kier molecular flexibility index (Phi) is 4.84. The lowest BCUT2D eigenvalue weighted by Gasteiger charge is -2.37. The van der Waals surface area contributed by atoms with Crippen molar-refractivity contribution in [3.63, 3.8) is 0 Å². The minimum absolute atomic E-state index is 0.0648. The standard InChI is InChI=1S/C24H24ClNO3/c1-15-11-20-19(13-26(14-28-20)18-5-3-2-4-6-18)24-22(15)23(27)21(29-24)12-16-7-9-17(25)10-8-16/h7-12,18H,2-6,13-14H2,1H3/b21-12-. The van der Waals surface area contributed by atoms with Crippen LogP contribution in [0.5, 0.6) is 11.5 Å². The third-order valence-electron chi connectivity index (χ3n) is 6.21. The van der Waals surface area contributed by atoms with Gasteiger partial charge in [-0.1, -0.05) is 43.0 Å². The van der Waals surface area contributed by atoms with Gasteiger partial charge in [0.05, 0.1) is 11.1 Å². The number of nitrogens with zero attached hydrogens (tertiary/aromatic N) is 1. The number of ether oxygens (including phenoxy) is 2. The summed E-state index contributed by atoms with van der Waals surface area (Å²) in [6.45, 7) is 3.32. The first kappa shape index (κ1) is 18.7. The molecule has 1 fully saturated rings. The minimum atomic E-state index is -0.0648. The topological polar surface area (TPSA) is 38.8 Å². The van der Waals surface area contributed by atoms with Gasteiger partial charge in [-0.3, -0.25) is 9.69 Å². The zero-order valence-electron chi connectivity index (χ0n) is 16.5. The molecule has 2 aromatic rings. The summed E-state index contributed by atoms with van der Waals surface area (Å²) in [4.78, 5) is 15.5. The number of hydrogen-bond donors (Lipinski definition) is 0.